The van der Waals surface area contributed by atoms with Crippen molar-refractivity contribution < 1.29 is 0 Å². The highest BCUT2D eigenvalue weighted by molar-refractivity contribution is 4.66. The molecule has 1 saturated carbocycles. The molecule has 1 aliphatic carbocycles. The largest absolute Gasteiger partial charge is 0.0623 e. The van der Waals surface area contributed by atoms with E-state index in [2.05, 4.69) is 13.3 Å². The third kappa shape index (κ3) is 4.13. The average molecular weight is 167 g/mol. The van der Waals surface area contributed by atoms with Crippen LogP contribution in [0.5, 0.6) is 0 Å². The van der Waals surface area contributed by atoms with Crippen molar-refractivity contribution in [1.82, 2.24) is 0 Å². The fraction of sp³-hybridized carbons (Fsp3) is 0.917. The Kier molecular flexibility index (Phi) is 5.47. The van der Waals surface area contributed by atoms with Crippen LogP contribution in [0, 0.1) is 12.3 Å². The van der Waals surface area contributed by atoms with Gasteiger partial charge in [-0.15, -0.1) is 0 Å². The van der Waals surface area contributed by atoms with Crippen molar-refractivity contribution in [2.75, 3.05) is 0 Å². The Morgan fingerprint density at radius 3 is 2.50 bits per heavy atom. The average Bonchev–Trinajstić information content (AvgIpc) is 2.14. The maximum atomic E-state index is 2.29. The topological polar surface area (TPSA) is 0 Å². The Bertz CT molecular complexity index is 90.2. The molecule has 0 bridgehead atoms. The fourth-order valence-corrected chi connectivity index (χ4v) is 2.26. The highest BCUT2D eigenvalue weighted by atomic mass is 14.2. The van der Waals surface area contributed by atoms with E-state index in [-0.39, 0.29) is 0 Å². The first-order chi connectivity index (χ1) is 5.93. The molecule has 0 aromatic heterocycles. The molecule has 0 amide bonds. The minimum absolute atomic E-state index is 1.09. The van der Waals surface area contributed by atoms with Crippen molar-refractivity contribution in [3.8, 4) is 0 Å². The van der Waals surface area contributed by atoms with Crippen LogP contribution in [-0.4, -0.2) is 0 Å². The lowest BCUT2D eigenvalue weighted by atomic mass is 9.85. The summed E-state index contributed by atoms with van der Waals surface area (Å²) in [7, 11) is 0. The first-order valence-electron chi connectivity index (χ1n) is 5.71. The molecule has 71 valence electrons. The van der Waals surface area contributed by atoms with E-state index in [1.165, 1.54) is 57.8 Å². The van der Waals surface area contributed by atoms with Gasteiger partial charge in [0.25, 0.3) is 0 Å². The summed E-state index contributed by atoms with van der Waals surface area (Å²) >= 11 is 0. The minimum Gasteiger partial charge on any atom is -0.0623 e. The zero-order chi connectivity index (χ0) is 8.65. The molecule has 0 aromatic rings. The summed E-state index contributed by atoms with van der Waals surface area (Å²) in [6.45, 7) is 2.17. The Morgan fingerprint density at radius 2 is 1.83 bits per heavy atom. The summed E-state index contributed by atoms with van der Waals surface area (Å²) < 4.78 is 0. The van der Waals surface area contributed by atoms with Gasteiger partial charge in [-0.2, -0.15) is 0 Å². The highest BCUT2D eigenvalue weighted by Crippen LogP contribution is 2.27. The maximum Gasteiger partial charge on any atom is -0.0414 e. The second kappa shape index (κ2) is 6.51. The molecule has 0 heterocycles. The van der Waals surface area contributed by atoms with E-state index in [9.17, 15) is 0 Å². The molecule has 0 nitrogen and oxygen atoms in total. The van der Waals surface area contributed by atoms with Crippen molar-refractivity contribution in [1.29, 1.82) is 0 Å². The second-order valence-electron chi connectivity index (χ2n) is 4.20. The van der Waals surface area contributed by atoms with Crippen molar-refractivity contribution in [3.63, 3.8) is 0 Å². The van der Waals surface area contributed by atoms with Gasteiger partial charge in [0.1, 0.15) is 0 Å². The summed E-state index contributed by atoms with van der Waals surface area (Å²) in [4.78, 5) is 0. The molecular weight excluding hydrogens is 144 g/mol. The molecular formula is C12H23. The van der Waals surface area contributed by atoms with Crippen molar-refractivity contribution >= 4 is 0 Å². The molecule has 0 saturated heterocycles. The van der Waals surface area contributed by atoms with Gasteiger partial charge in [0, 0.05) is 0 Å². The first kappa shape index (κ1) is 10.1. The molecule has 0 atom stereocenters. The van der Waals surface area contributed by atoms with Crippen LogP contribution < -0.4 is 0 Å². The fourth-order valence-electron chi connectivity index (χ4n) is 2.26. The normalized spacial score (nSPS) is 19.8. The minimum atomic E-state index is 1.09. The van der Waals surface area contributed by atoms with Gasteiger partial charge in [0.05, 0.1) is 0 Å². The van der Waals surface area contributed by atoms with Gasteiger partial charge in [-0.3, -0.25) is 0 Å². The molecule has 1 fully saturated rings. The summed E-state index contributed by atoms with van der Waals surface area (Å²) in [5, 5.41) is 0. The molecule has 0 spiro atoms. The van der Waals surface area contributed by atoms with Crippen LogP contribution in [0.25, 0.3) is 0 Å². The first-order valence-corrected chi connectivity index (χ1v) is 5.71. The monoisotopic (exact) mass is 167 g/mol. The number of unbranched alkanes of at least 4 members (excludes halogenated alkanes) is 3. The van der Waals surface area contributed by atoms with E-state index in [1.54, 1.807) is 0 Å². The molecule has 0 aliphatic heterocycles. The van der Waals surface area contributed by atoms with E-state index < -0.39 is 0 Å². The maximum absolute atomic E-state index is 2.29. The predicted octanol–water partition coefficient (Wildman–Crippen LogP) is 4.35. The van der Waals surface area contributed by atoms with Gasteiger partial charge < -0.3 is 0 Å². The van der Waals surface area contributed by atoms with Gasteiger partial charge in [-0.05, 0) is 12.3 Å². The second-order valence-corrected chi connectivity index (χ2v) is 4.20. The summed E-state index contributed by atoms with van der Waals surface area (Å²) in [6.07, 6.45) is 15.6. The lowest BCUT2D eigenvalue weighted by Crippen LogP contribution is -2.05. The zero-order valence-corrected chi connectivity index (χ0v) is 8.52. The van der Waals surface area contributed by atoms with Gasteiger partial charge in [-0.1, -0.05) is 64.7 Å². The third-order valence-corrected chi connectivity index (χ3v) is 3.08. The van der Waals surface area contributed by atoms with E-state index in [0.29, 0.717) is 0 Å². The molecule has 12 heavy (non-hydrogen) atoms. The summed E-state index contributed by atoms with van der Waals surface area (Å²) in [5.41, 5.74) is 0. The lowest BCUT2D eigenvalue weighted by molar-refractivity contribution is 0.329. The van der Waals surface area contributed by atoms with E-state index in [0.717, 1.165) is 5.92 Å². The Balaban J connectivity index is 1.91. The summed E-state index contributed by atoms with van der Waals surface area (Å²) in [6, 6.07) is 0. The highest BCUT2D eigenvalue weighted by Gasteiger charge is 2.11. The Morgan fingerprint density at radius 1 is 1.08 bits per heavy atom. The molecule has 1 aliphatic rings. The molecule has 0 N–H and O–H groups in total. The Labute approximate surface area is 77.7 Å². The Hall–Kier alpha value is 0. The van der Waals surface area contributed by atoms with Gasteiger partial charge in [0.2, 0.25) is 0 Å². The van der Waals surface area contributed by atoms with Crippen LogP contribution in [-0.2, 0) is 0 Å². The van der Waals surface area contributed by atoms with E-state index >= 15 is 0 Å². The quantitative estimate of drug-likeness (QED) is 0.534. The molecule has 0 aromatic carbocycles. The third-order valence-electron chi connectivity index (χ3n) is 3.08. The smallest absolute Gasteiger partial charge is 0.0414 e. The standard InChI is InChI=1S/C12H23/c1-2-3-4-6-9-12-10-7-5-8-11-12/h2,12H,3-11H2,1H3. The van der Waals surface area contributed by atoms with Crippen molar-refractivity contribution in [2.45, 2.75) is 64.7 Å². The predicted molar refractivity (Wildman–Crippen MR) is 55.0 cm³/mol. The van der Waals surface area contributed by atoms with Crippen LogP contribution >= 0.6 is 0 Å². The lowest BCUT2D eigenvalue weighted by Gasteiger charge is -2.21. The van der Waals surface area contributed by atoms with Crippen LogP contribution in [0.3, 0.4) is 0 Å². The van der Waals surface area contributed by atoms with Crippen LogP contribution in [0.15, 0.2) is 0 Å². The van der Waals surface area contributed by atoms with Gasteiger partial charge in [0.15, 0.2) is 0 Å². The zero-order valence-electron chi connectivity index (χ0n) is 8.52. The van der Waals surface area contributed by atoms with Gasteiger partial charge in [-0.25, -0.2) is 0 Å². The van der Waals surface area contributed by atoms with E-state index in [4.69, 9.17) is 0 Å². The van der Waals surface area contributed by atoms with Crippen LogP contribution in [0.1, 0.15) is 64.7 Å². The van der Waals surface area contributed by atoms with Crippen molar-refractivity contribution in [2.24, 2.45) is 5.92 Å². The van der Waals surface area contributed by atoms with Crippen LogP contribution in [0.2, 0.25) is 0 Å². The summed E-state index contributed by atoms with van der Waals surface area (Å²) in [5.74, 6) is 1.09. The van der Waals surface area contributed by atoms with Crippen LogP contribution in [0.4, 0.5) is 0 Å². The molecule has 0 heteroatoms. The van der Waals surface area contributed by atoms with E-state index in [1.807, 2.05) is 0 Å². The molecule has 1 rings (SSSR count). The van der Waals surface area contributed by atoms with Gasteiger partial charge >= 0.3 is 0 Å². The number of hydrogen-bond donors (Lipinski definition) is 0. The SMILES string of the molecule is C[CH]CCCCC1CCCCC1. The molecule has 1 radical (unpaired) electrons. The number of rotatable bonds is 5. The molecule has 0 unspecified atom stereocenters. The number of hydrogen-bond acceptors (Lipinski definition) is 0. The van der Waals surface area contributed by atoms with Crippen molar-refractivity contribution in [3.05, 3.63) is 6.42 Å².